The molecule has 110 valence electrons. The lowest BCUT2D eigenvalue weighted by Crippen LogP contribution is -2.47. The van der Waals surface area contributed by atoms with Crippen LogP contribution in [0.25, 0.3) is 10.8 Å². The third-order valence-corrected chi connectivity index (χ3v) is 4.12. The van der Waals surface area contributed by atoms with Crippen molar-refractivity contribution in [1.29, 1.82) is 0 Å². The van der Waals surface area contributed by atoms with Gasteiger partial charge in [-0.3, -0.25) is 4.79 Å². The Hall–Kier alpha value is -1.81. The molecule has 1 aromatic carbocycles. The van der Waals surface area contributed by atoms with Gasteiger partial charge in [-0.1, -0.05) is 35.9 Å². The molecule has 1 saturated heterocycles. The lowest BCUT2D eigenvalue weighted by atomic mass is 10.1. The average molecular weight is 304 g/mol. The van der Waals surface area contributed by atoms with Crippen LogP contribution in [0.15, 0.2) is 30.3 Å². The van der Waals surface area contributed by atoms with Crippen LogP contribution in [-0.2, 0) is 4.79 Å². The van der Waals surface area contributed by atoms with Crippen molar-refractivity contribution in [3.8, 4) is 0 Å². The molecule has 0 bridgehead atoms. The zero-order valence-electron chi connectivity index (χ0n) is 12.0. The Morgan fingerprint density at radius 1 is 1.43 bits per heavy atom. The number of piperidine rings is 1. The number of pyridine rings is 1. The summed E-state index contributed by atoms with van der Waals surface area (Å²) >= 11 is 6.29. The van der Waals surface area contributed by atoms with Crippen molar-refractivity contribution < 1.29 is 4.79 Å². The Bertz CT molecular complexity index is 674. The number of nitrogens with zero attached hydrogens (tertiary/aromatic N) is 2. The molecule has 4 nitrogen and oxygen atoms in total. The van der Waals surface area contributed by atoms with E-state index < -0.39 is 0 Å². The van der Waals surface area contributed by atoms with Crippen LogP contribution in [0.5, 0.6) is 0 Å². The van der Waals surface area contributed by atoms with E-state index in [0.29, 0.717) is 5.15 Å². The molecule has 1 aliphatic rings. The van der Waals surface area contributed by atoms with Crippen LogP contribution in [-0.4, -0.2) is 30.0 Å². The molecular weight excluding hydrogens is 286 g/mol. The predicted molar refractivity (Wildman–Crippen MR) is 85.8 cm³/mol. The molecule has 2 aromatic rings. The molecule has 21 heavy (non-hydrogen) atoms. The highest BCUT2D eigenvalue weighted by atomic mass is 35.5. The smallest absolute Gasteiger partial charge is 0.217 e. The van der Waals surface area contributed by atoms with E-state index >= 15 is 0 Å². The topological polar surface area (TPSA) is 45.2 Å². The number of aromatic nitrogens is 1. The second-order valence-electron chi connectivity index (χ2n) is 5.48. The number of hydrogen-bond donors (Lipinski definition) is 1. The maximum Gasteiger partial charge on any atom is 0.217 e. The Morgan fingerprint density at radius 2 is 2.24 bits per heavy atom. The van der Waals surface area contributed by atoms with Gasteiger partial charge in [0.15, 0.2) is 0 Å². The molecule has 1 unspecified atom stereocenters. The number of nitrogens with one attached hydrogen (secondary N) is 1. The Morgan fingerprint density at radius 3 is 3.05 bits per heavy atom. The number of carbonyl (C=O) groups excluding carboxylic acids is 1. The first kappa shape index (κ1) is 14.1. The van der Waals surface area contributed by atoms with Crippen molar-refractivity contribution in [1.82, 2.24) is 10.3 Å². The quantitative estimate of drug-likeness (QED) is 0.868. The third kappa shape index (κ3) is 3.10. The zero-order chi connectivity index (χ0) is 14.8. The number of anilines is 1. The molecule has 0 radical (unpaired) electrons. The molecule has 1 N–H and O–H groups in total. The van der Waals surface area contributed by atoms with Gasteiger partial charge in [0.25, 0.3) is 0 Å². The van der Waals surface area contributed by atoms with Crippen LogP contribution in [0.1, 0.15) is 19.8 Å². The fraction of sp³-hybridized carbons (Fsp3) is 0.375. The third-order valence-electron chi connectivity index (χ3n) is 3.83. The monoisotopic (exact) mass is 303 g/mol. The molecule has 2 heterocycles. The van der Waals surface area contributed by atoms with E-state index in [9.17, 15) is 4.79 Å². The Balaban J connectivity index is 1.87. The highest BCUT2D eigenvalue weighted by molar-refractivity contribution is 6.34. The summed E-state index contributed by atoms with van der Waals surface area (Å²) in [6.45, 7) is 3.28. The molecule has 1 atom stereocenters. The van der Waals surface area contributed by atoms with Crippen molar-refractivity contribution in [3.63, 3.8) is 0 Å². The molecule has 1 amide bonds. The first-order valence-electron chi connectivity index (χ1n) is 7.21. The number of hydrogen-bond acceptors (Lipinski definition) is 3. The molecule has 0 spiro atoms. The van der Waals surface area contributed by atoms with Gasteiger partial charge in [0.05, 0.1) is 0 Å². The van der Waals surface area contributed by atoms with Gasteiger partial charge in [-0.05, 0) is 24.3 Å². The molecule has 1 aromatic heterocycles. The number of benzene rings is 1. The van der Waals surface area contributed by atoms with E-state index in [-0.39, 0.29) is 11.9 Å². The lowest BCUT2D eigenvalue weighted by Gasteiger charge is -2.34. The van der Waals surface area contributed by atoms with Crippen LogP contribution >= 0.6 is 11.6 Å². The molecule has 1 aliphatic heterocycles. The standard InChI is InChI=1S/C16H18ClN3O/c1-11(21)18-13-6-4-8-20(10-13)15-9-12-5-2-3-7-14(12)16(17)19-15/h2-3,5,7,9,13H,4,6,8,10H2,1H3,(H,18,21). The molecule has 1 fully saturated rings. The molecule has 0 aliphatic carbocycles. The summed E-state index contributed by atoms with van der Waals surface area (Å²) in [5.41, 5.74) is 0. The van der Waals surface area contributed by atoms with Gasteiger partial charge < -0.3 is 10.2 Å². The molecule has 0 saturated carbocycles. The van der Waals surface area contributed by atoms with Gasteiger partial charge in [-0.25, -0.2) is 4.98 Å². The summed E-state index contributed by atoms with van der Waals surface area (Å²) in [6.07, 6.45) is 2.05. The summed E-state index contributed by atoms with van der Waals surface area (Å²) in [6, 6.07) is 10.2. The normalized spacial score (nSPS) is 18.8. The van der Waals surface area contributed by atoms with Crippen LogP contribution < -0.4 is 10.2 Å². The number of amides is 1. The molecule has 5 heteroatoms. The van der Waals surface area contributed by atoms with Gasteiger partial charge in [0.1, 0.15) is 11.0 Å². The van der Waals surface area contributed by atoms with E-state index in [1.807, 2.05) is 24.3 Å². The van der Waals surface area contributed by atoms with Crippen molar-refractivity contribution in [3.05, 3.63) is 35.5 Å². The number of rotatable bonds is 2. The van der Waals surface area contributed by atoms with E-state index in [4.69, 9.17) is 11.6 Å². The van der Waals surface area contributed by atoms with Crippen LogP contribution in [0.2, 0.25) is 5.15 Å². The number of fused-ring (bicyclic) bond motifs is 1. The van der Waals surface area contributed by atoms with E-state index in [0.717, 1.165) is 42.5 Å². The van der Waals surface area contributed by atoms with Gasteiger partial charge in [0.2, 0.25) is 5.91 Å². The Kier molecular flexibility index (Phi) is 3.97. The molecular formula is C16H18ClN3O. The lowest BCUT2D eigenvalue weighted by molar-refractivity contribution is -0.119. The summed E-state index contributed by atoms with van der Waals surface area (Å²) in [5, 5.41) is 5.59. The fourth-order valence-electron chi connectivity index (χ4n) is 2.90. The van der Waals surface area contributed by atoms with Crippen LogP contribution in [0, 0.1) is 0 Å². The Labute approximate surface area is 129 Å². The van der Waals surface area contributed by atoms with E-state index in [1.54, 1.807) is 6.92 Å². The highest BCUT2D eigenvalue weighted by Gasteiger charge is 2.22. The summed E-state index contributed by atoms with van der Waals surface area (Å²) in [7, 11) is 0. The second kappa shape index (κ2) is 5.90. The SMILES string of the molecule is CC(=O)NC1CCCN(c2cc3ccccc3c(Cl)n2)C1. The fourth-order valence-corrected chi connectivity index (χ4v) is 3.15. The zero-order valence-corrected chi connectivity index (χ0v) is 12.7. The van der Waals surface area contributed by atoms with Gasteiger partial charge in [-0.2, -0.15) is 0 Å². The van der Waals surface area contributed by atoms with Gasteiger partial charge in [0, 0.05) is 31.4 Å². The van der Waals surface area contributed by atoms with Crippen molar-refractivity contribution in [2.75, 3.05) is 18.0 Å². The van der Waals surface area contributed by atoms with Gasteiger partial charge >= 0.3 is 0 Å². The number of halogens is 1. The maximum atomic E-state index is 11.2. The first-order chi connectivity index (χ1) is 10.1. The van der Waals surface area contributed by atoms with E-state index in [1.165, 1.54) is 0 Å². The predicted octanol–water partition coefficient (Wildman–Crippen LogP) is 2.99. The van der Waals surface area contributed by atoms with Crippen LogP contribution in [0.4, 0.5) is 5.82 Å². The summed E-state index contributed by atoms with van der Waals surface area (Å²) in [4.78, 5) is 17.9. The second-order valence-corrected chi connectivity index (χ2v) is 5.84. The highest BCUT2D eigenvalue weighted by Crippen LogP contribution is 2.27. The molecule has 3 rings (SSSR count). The first-order valence-corrected chi connectivity index (χ1v) is 7.58. The van der Waals surface area contributed by atoms with E-state index in [2.05, 4.69) is 21.3 Å². The maximum absolute atomic E-state index is 11.2. The minimum atomic E-state index is 0.0198. The minimum absolute atomic E-state index is 0.0198. The van der Waals surface area contributed by atoms with Crippen molar-refractivity contribution in [2.24, 2.45) is 0 Å². The van der Waals surface area contributed by atoms with Gasteiger partial charge in [-0.15, -0.1) is 0 Å². The van der Waals surface area contributed by atoms with Crippen molar-refractivity contribution in [2.45, 2.75) is 25.8 Å². The van der Waals surface area contributed by atoms with Crippen molar-refractivity contribution >= 4 is 34.1 Å². The average Bonchev–Trinajstić information content (AvgIpc) is 2.47. The minimum Gasteiger partial charge on any atom is -0.354 e. The van der Waals surface area contributed by atoms with Crippen LogP contribution in [0.3, 0.4) is 0 Å². The summed E-state index contributed by atoms with van der Waals surface area (Å²) < 4.78 is 0. The largest absolute Gasteiger partial charge is 0.354 e. The summed E-state index contributed by atoms with van der Waals surface area (Å²) in [5.74, 6) is 0.903. The number of carbonyl (C=O) groups is 1.